The number of ether oxygens (including phenoxy) is 3. The van der Waals surface area contributed by atoms with Gasteiger partial charge in [0.25, 0.3) is 0 Å². The van der Waals surface area contributed by atoms with Gasteiger partial charge in [-0.15, -0.1) is 0 Å². The molecule has 0 saturated heterocycles. The molecule has 0 spiro atoms. The summed E-state index contributed by atoms with van der Waals surface area (Å²) in [7, 11) is 1.24. The van der Waals surface area contributed by atoms with Crippen LogP contribution in [-0.2, 0) is 22.9 Å². The molecule has 0 saturated carbocycles. The lowest BCUT2D eigenvalue weighted by Crippen LogP contribution is -2.32. The van der Waals surface area contributed by atoms with Gasteiger partial charge in [-0.25, -0.2) is 8.42 Å². The first-order chi connectivity index (χ1) is 17.6. The van der Waals surface area contributed by atoms with Crippen LogP contribution in [0.2, 0.25) is 0 Å². The van der Waals surface area contributed by atoms with Crippen molar-refractivity contribution in [3.63, 3.8) is 0 Å². The second kappa shape index (κ2) is 12.7. The van der Waals surface area contributed by atoms with Crippen LogP contribution in [0.15, 0.2) is 60.7 Å². The van der Waals surface area contributed by atoms with Crippen LogP contribution in [0.25, 0.3) is 0 Å². The van der Waals surface area contributed by atoms with Crippen LogP contribution in [0.5, 0.6) is 23.0 Å². The zero-order chi connectivity index (χ0) is 27.0. The maximum absolute atomic E-state index is 11.6. The summed E-state index contributed by atoms with van der Waals surface area (Å²) in [5.41, 5.74) is 2.75. The molecule has 0 radical (unpaired) electrons. The number of benzene rings is 3. The molecule has 2 atom stereocenters. The Labute approximate surface area is 218 Å². The molecule has 10 heteroatoms. The summed E-state index contributed by atoms with van der Waals surface area (Å²) in [5, 5.41) is 24.2. The lowest BCUT2D eigenvalue weighted by molar-refractivity contribution is 0.167. The van der Waals surface area contributed by atoms with Crippen molar-refractivity contribution in [1.29, 1.82) is 0 Å². The second-order valence-corrected chi connectivity index (χ2v) is 10.5. The summed E-state index contributed by atoms with van der Waals surface area (Å²) in [6.07, 6.45) is 1.11. The van der Waals surface area contributed by atoms with E-state index in [1.54, 1.807) is 27.4 Å². The zero-order valence-corrected chi connectivity index (χ0v) is 22.2. The van der Waals surface area contributed by atoms with E-state index in [-0.39, 0.29) is 30.4 Å². The summed E-state index contributed by atoms with van der Waals surface area (Å²) < 4.78 is 41.6. The number of hydrogen-bond donors (Lipinski definition) is 4. The lowest BCUT2D eigenvalue weighted by atomic mass is 9.97. The Hall–Kier alpha value is -3.47. The van der Waals surface area contributed by atoms with E-state index in [2.05, 4.69) is 10.0 Å². The molecule has 0 aliphatic heterocycles. The molecule has 1 unspecified atom stereocenters. The standard InChI is InChI=1S/C27H34N2O7S/c1-34-22-7-5-6-18(13-22)14-23(20-9-11-26(35-2)27(16-20)36-3)28-17-21(30)12-19-8-10-25(31)24(15-19)29-37(4,32)33/h5-11,13,15-16,21,23,28-31H,12,14,17H2,1-4H3/t21-,23?/m0/s1. The van der Waals surface area contributed by atoms with E-state index in [9.17, 15) is 18.6 Å². The fourth-order valence-corrected chi connectivity index (χ4v) is 4.59. The number of phenolic OH excluding ortho intramolecular Hbond substituents is 1. The molecule has 3 aromatic carbocycles. The first-order valence-electron chi connectivity index (χ1n) is 11.7. The molecule has 0 aromatic heterocycles. The van der Waals surface area contributed by atoms with Crippen molar-refractivity contribution in [2.75, 3.05) is 38.9 Å². The van der Waals surface area contributed by atoms with Crippen molar-refractivity contribution in [1.82, 2.24) is 5.32 Å². The van der Waals surface area contributed by atoms with Crippen molar-refractivity contribution < 1.29 is 32.8 Å². The molecule has 0 amide bonds. The Bertz CT molecular complexity index is 1300. The number of nitrogens with one attached hydrogen (secondary N) is 2. The third-order valence-corrected chi connectivity index (χ3v) is 6.40. The maximum Gasteiger partial charge on any atom is 0.229 e. The van der Waals surface area contributed by atoms with Crippen LogP contribution in [0, 0.1) is 0 Å². The number of aromatic hydroxyl groups is 1. The molecule has 37 heavy (non-hydrogen) atoms. The highest BCUT2D eigenvalue weighted by molar-refractivity contribution is 7.92. The van der Waals surface area contributed by atoms with Gasteiger partial charge in [0.2, 0.25) is 10.0 Å². The normalized spacial score (nSPS) is 13.0. The van der Waals surface area contributed by atoms with Gasteiger partial charge in [0.05, 0.1) is 39.4 Å². The summed E-state index contributed by atoms with van der Waals surface area (Å²) >= 11 is 0. The van der Waals surface area contributed by atoms with Crippen LogP contribution in [0.4, 0.5) is 5.69 Å². The number of aliphatic hydroxyl groups excluding tert-OH is 1. The van der Waals surface area contributed by atoms with Crippen molar-refractivity contribution in [3.8, 4) is 23.0 Å². The maximum atomic E-state index is 11.6. The lowest BCUT2D eigenvalue weighted by Gasteiger charge is -2.23. The molecule has 4 N–H and O–H groups in total. The highest BCUT2D eigenvalue weighted by Crippen LogP contribution is 2.32. The zero-order valence-electron chi connectivity index (χ0n) is 21.4. The van der Waals surface area contributed by atoms with Crippen molar-refractivity contribution in [2.45, 2.75) is 25.0 Å². The predicted octanol–water partition coefficient (Wildman–Crippen LogP) is 3.27. The molecular formula is C27H34N2O7S. The van der Waals surface area contributed by atoms with Gasteiger partial charge in [-0.1, -0.05) is 24.3 Å². The SMILES string of the molecule is COc1cccc(CC(NC[C@@H](O)Cc2ccc(O)c(NS(C)(=O)=O)c2)c2ccc(OC)c(OC)c2)c1. The number of anilines is 1. The Morgan fingerprint density at radius 1 is 0.865 bits per heavy atom. The van der Waals surface area contributed by atoms with E-state index >= 15 is 0 Å². The van der Waals surface area contributed by atoms with E-state index < -0.39 is 16.1 Å². The summed E-state index contributed by atoms with van der Waals surface area (Å²) in [6, 6.07) is 17.9. The summed E-state index contributed by atoms with van der Waals surface area (Å²) in [4.78, 5) is 0. The Kier molecular flexibility index (Phi) is 9.62. The van der Waals surface area contributed by atoms with Crippen molar-refractivity contribution in [3.05, 3.63) is 77.4 Å². The average Bonchev–Trinajstić information content (AvgIpc) is 2.87. The molecular weight excluding hydrogens is 496 g/mol. The Morgan fingerprint density at radius 3 is 2.27 bits per heavy atom. The van der Waals surface area contributed by atoms with Crippen molar-refractivity contribution in [2.24, 2.45) is 0 Å². The van der Waals surface area contributed by atoms with Crippen LogP contribution in [0.3, 0.4) is 0 Å². The van der Waals surface area contributed by atoms with Gasteiger partial charge < -0.3 is 29.7 Å². The number of sulfonamides is 1. The van der Waals surface area contributed by atoms with Gasteiger partial charge in [0.1, 0.15) is 11.5 Å². The fourth-order valence-electron chi connectivity index (χ4n) is 4.03. The summed E-state index contributed by atoms with van der Waals surface area (Å²) in [6.45, 7) is 0.263. The van der Waals surface area contributed by atoms with Crippen LogP contribution < -0.4 is 24.2 Å². The molecule has 3 aromatic rings. The van der Waals surface area contributed by atoms with Gasteiger partial charge in [-0.05, 0) is 65.9 Å². The average molecular weight is 531 g/mol. The number of methoxy groups -OCH3 is 3. The van der Waals surface area contributed by atoms with E-state index in [0.717, 1.165) is 23.1 Å². The molecule has 0 aliphatic rings. The van der Waals surface area contributed by atoms with Crippen LogP contribution in [-0.4, -0.2) is 58.9 Å². The number of phenols is 1. The number of hydrogen-bond acceptors (Lipinski definition) is 8. The molecule has 0 aliphatic carbocycles. The molecule has 0 heterocycles. The van der Waals surface area contributed by atoms with Crippen LogP contribution >= 0.6 is 0 Å². The van der Waals surface area contributed by atoms with E-state index in [1.165, 1.54) is 12.1 Å². The minimum absolute atomic E-state index is 0.0707. The minimum atomic E-state index is -3.56. The predicted molar refractivity (Wildman–Crippen MR) is 143 cm³/mol. The number of aliphatic hydroxyl groups is 1. The first kappa shape index (κ1) is 28.1. The highest BCUT2D eigenvalue weighted by atomic mass is 32.2. The van der Waals surface area contributed by atoms with Gasteiger partial charge in [-0.2, -0.15) is 0 Å². The van der Waals surface area contributed by atoms with Gasteiger partial charge >= 0.3 is 0 Å². The third-order valence-electron chi connectivity index (χ3n) is 5.81. The summed E-state index contributed by atoms with van der Waals surface area (Å²) in [5.74, 6) is 1.80. The third kappa shape index (κ3) is 8.28. The second-order valence-electron chi connectivity index (χ2n) is 8.71. The van der Waals surface area contributed by atoms with Gasteiger partial charge in [-0.3, -0.25) is 4.72 Å². The van der Waals surface area contributed by atoms with Gasteiger partial charge in [0, 0.05) is 12.6 Å². The molecule has 0 bridgehead atoms. The first-order valence-corrected chi connectivity index (χ1v) is 13.6. The van der Waals surface area contributed by atoms with Crippen LogP contribution in [0.1, 0.15) is 22.7 Å². The molecule has 200 valence electrons. The van der Waals surface area contributed by atoms with Crippen molar-refractivity contribution >= 4 is 15.7 Å². The Balaban J connectivity index is 1.78. The topological polar surface area (TPSA) is 126 Å². The smallest absolute Gasteiger partial charge is 0.229 e. The molecule has 9 nitrogen and oxygen atoms in total. The monoisotopic (exact) mass is 530 g/mol. The van der Waals surface area contributed by atoms with E-state index in [1.807, 2.05) is 42.5 Å². The minimum Gasteiger partial charge on any atom is -0.506 e. The molecule has 0 fully saturated rings. The highest BCUT2D eigenvalue weighted by Gasteiger charge is 2.18. The van der Waals surface area contributed by atoms with Gasteiger partial charge in [0.15, 0.2) is 11.5 Å². The Morgan fingerprint density at radius 2 is 1.59 bits per heavy atom. The number of rotatable bonds is 13. The molecule has 3 rings (SSSR count). The van der Waals surface area contributed by atoms with E-state index in [4.69, 9.17) is 14.2 Å². The van der Waals surface area contributed by atoms with E-state index in [0.29, 0.717) is 23.5 Å². The quantitative estimate of drug-likeness (QED) is 0.248. The largest absolute Gasteiger partial charge is 0.506 e. The fraction of sp³-hybridized carbons (Fsp3) is 0.333.